The van der Waals surface area contributed by atoms with E-state index in [0.717, 1.165) is 38.7 Å². The number of fused-ring (bicyclic) bond motifs is 7. The third-order valence-corrected chi connectivity index (χ3v) is 10.9. The van der Waals surface area contributed by atoms with Crippen molar-refractivity contribution in [3.63, 3.8) is 0 Å². The highest BCUT2D eigenvalue weighted by Gasteiger charge is 2.14. The molecule has 0 aliphatic heterocycles. The van der Waals surface area contributed by atoms with Gasteiger partial charge in [0, 0.05) is 11.1 Å². The number of benzene rings is 10. The predicted molar refractivity (Wildman–Crippen MR) is 240 cm³/mol. The van der Waals surface area contributed by atoms with E-state index in [1.54, 1.807) is 0 Å². The number of hydrogen-bond acceptors (Lipinski definition) is 1. The summed E-state index contributed by atoms with van der Waals surface area (Å²) in [5, 5.41) is 21.2. The maximum atomic E-state index is 8.95. The zero-order valence-corrected chi connectivity index (χ0v) is 30.7. The Morgan fingerprint density at radius 3 is 1.64 bits per heavy atom. The molecule has 2 nitrogen and oxygen atoms in total. The van der Waals surface area contributed by atoms with Gasteiger partial charge in [0.05, 0.1) is 5.71 Å². The smallest absolute Gasteiger partial charge is 0.152 e. The number of aliphatic imine (C=N–C) groups is 1. The fourth-order valence-corrected chi connectivity index (χ4v) is 8.16. The highest BCUT2D eigenvalue weighted by molar-refractivity contribution is 6.26. The van der Waals surface area contributed by atoms with E-state index in [-0.39, 0.29) is 5.84 Å². The summed E-state index contributed by atoms with van der Waals surface area (Å²) < 4.78 is 0. The lowest BCUT2D eigenvalue weighted by Crippen LogP contribution is -2.05. The van der Waals surface area contributed by atoms with E-state index in [4.69, 9.17) is 10.4 Å². The molecular weight excluding hydrogens is 677 g/mol. The van der Waals surface area contributed by atoms with Gasteiger partial charge < -0.3 is 0 Å². The largest absolute Gasteiger partial charge is 0.282 e. The molecule has 0 spiro atoms. The summed E-state index contributed by atoms with van der Waals surface area (Å²) in [5.41, 5.74) is 8.38. The van der Waals surface area contributed by atoms with E-state index in [0.29, 0.717) is 0 Å². The second-order valence-corrected chi connectivity index (χ2v) is 14.3. The van der Waals surface area contributed by atoms with Gasteiger partial charge in [-0.25, -0.2) is 4.99 Å². The highest BCUT2D eigenvalue weighted by Crippen LogP contribution is 2.40. The van der Waals surface area contributed by atoms with Crippen LogP contribution in [0.3, 0.4) is 0 Å². The molecule has 0 aliphatic carbocycles. The first kappa shape index (κ1) is 33.2. The molecule has 0 bridgehead atoms. The first-order valence-corrected chi connectivity index (χ1v) is 19.0. The summed E-state index contributed by atoms with van der Waals surface area (Å²) in [6.45, 7) is 0. The fraction of sp³-hybridized carbons (Fsp3) is 0. The Morgan fingerprint density at radius 1 is 0.393 bits per heavy atom. The van der Waals surface area contributed by atoms with Gasteiger partial charge in [-0.2, -0.15) is 0 Å². The third-order valence-electron chi connectivity index (χ3n) is 10.9. The normalized spacial score (nSPS) is 12.0. The van der Waals surface area contributed by atoms with E-state index in [2.05, 4.69) is 182 Å². The van der Waals surface area contributed by atoms with E-state index < -0.39 is 0 Å². The number of allylic oxidation sites excluding steroid dienone is 1. The molecule has 10 aromatic rings. The van der Waals surface area contributed by atoms with Crippen LogP contribution in [0.15, 0.2) is 211 Å². The molecule has 1 N–H and O–H groups in total. The molecule has 0 saturated heterocycles. The van der Waals surface area contributed by atoms with Crippen molar-refractivity contribution in [3.05, 3.63) is 223 Å². The van der Waals surface area contributed by atoms with Crippen LogP contribution in [0.25, 0.3) is 82.2 Å². The van der Waals surface area contributed by atoms with Crippen molar-refractivity contribution in [2.75, 3.05) is 0 Å². The standard InChI is InChI=1S/C54H36N2/c55-54(41-13-2-1-3-14-41)56-52(51-35-42-15-5-8-18-45(42)47-20-10-11-21-48(47)51)33-24-36-22-25-37(26-23-36)38-27-29-40(30-28-38)53-46-19-9-6-16-43(46)34-50-44-17-7-4-12-39(44)31-32-49(50)53/h1-35,55H/b33-24+,55-54?,56-52?. The zero-order valence-electron chi connectivity index (χ0n) is 30.7. The van der Waals surface area contributed by atoms with Gasteiger partial charge in [-0.15, -0.1) is 0 Å². The van der Waals surface area contributed by atoms with Gasteiger partial charge in [-0.05, 0) is 99.9 Å². The molecule has 0 heterocycles. The van der Waals surface area contributed by atoms with Gasteiger partial charge in [-0.1, -0.05) is 194 Å². The van der Waals surface area contributed by atoms with Crippen LogP contribution in [0.5, 0.6) is 0 Å². The number of nitrogens with one attached hydrogen (secondary N) is 1. The minimum atomic E-state index is 0.228. The van der Waals surface area contributed by atoms with Crippen LogP contribution in [-0.2, 0) is 0 Å². The van der Waals surface area contributed by atoms with Crippen LogP contribution in [0, 0.1) is 5.41 Å². The topological polar surface area (TPSA) is 36.2 Å². The molecule has 0 radical (unpaired) electrons. The van der Waals surface area contributed by atoms with Crippen molar-refractivity contribution in [1.29, 1.82) is 5.41 Å². The molecule has 56 heavy (non-hydrogen) atoms. The Kier molecular flexibility index (Phi) is 8.35. The molecule has 0 unspecified atom stereocenters. The van der Waals surface area contributed by atoms with Crippen LogP contribution in [-0.4, -0.2) is 11.5 Å². The first-order valence-electron chi connectivity index (χ1n) is 19.0. The molecule has 0 aromatic heterocycles. The van der Waals surface area contributed by atoms with E-state index in [9.17, 15) is 0 Å². The highest BCUT2D eigenvalue weighted by atomic mass is 14.8. The van der Waals surface area contributed by atoms with Gasteiger partial charge >= 0.3 is 0 Å². The average molecular weight is 713 g/mol. The maximum absolute atomic E-state index is 8.95. The minimum absolute atomic E-state index is 0.228. The van der Waals surface area contributed by atoms with Crippen molar-refractivity contribution in [2.45, 2.75) is 0 Å². The summed E-state index contributed by atoms with van der Waals surface area (Å²) in [7, 11) is 0. The maximum Gasteiger partial charge on any atom is 0.152 e. The van der Waals surface area contributed by atoms with Crippen molar-refractivity contribution in [1.82, 2.24) is 0 Å². The molecule has 0 amide bonds. The molecule has 0 aliphatic rings. The van der Waals surface area contributed by atoms with Crippen molar-refractivity contribution < 1.29 is 0 Å². The number of nitrogens with zero attached hydrogens (tertiary/aromatic N) is 1. The van der Waals surface area contributed by atoms with Crippen LogP contribution < -0.4 is 0 Å². The number of hydrogen-bond donors (Lipinski definition) is 1. The van der Waals surface area contributed by atoms with E-state index in [1.807, 2.05) is 30.3 Å². The van der Waals surface area contributed by atoms with Gasteiger partial charge in [0.1, 0.15) is 0 Å². The quantitative estimate of drug-likeness (QED) is 0.0771. The van der Waals surface area contributed by atoms with Crippen LogP contribution in [0.4, 0.5) is 0 Å². The van der Waals surface area contributed by atoms with E-state index in [1.165, 1.54) is 59.8 Å². The molecule has 0 fully saturated rings. The first-order chi connectivity index (χ1) is 27.7. The summed E-state index contributed by atoms with van der Waals surface area (Å²) in [6, 6.07) is 70.8. The summed E-state index contributed by atoms with van der Waals surface area (Å²) in [5.74, 6) is 0.228. The lowest BCUT2D eigenvalue weighted by atomic mass is 9.89. The predicted octanol–water partition coefficient (Wildman–Crippen LogP) is 14.3. The molecule has 0 saturated carbocycles. The van der Waals surface area contributed by atoms with Crippen molar-refractivity contribution in [2.24, 2.45) is 4.99 Å². The number of amidine groups is 1. The molecule has 2 heteroatoms. The Hall–Kier alpha value is -7.42. The average Bonchev–Trinajstić information content (AvgIpc) is 3.27. The molecule has 0 atom stereocenters. The monoisotopic (exact) mass is 712 g/mol. The van der Waals surface area contributed by atoms with Gasteiger partial charge in [0.25, 0.3) is 0 Å². The van der Waals surface area contributed by atoms with Crippen molar-refractivity contribution in [3.8, 4) is 22.3 Å². The van der Waals surface area contributed by atoms with Crippen LogP contribution in [0.2, 0.25) is 0 Å². The summed E-state index contributed by atoms with van der Waals surface area (Å²) >= 11 is 0. The molecular formula is C54H36N2. The van der Waals surface area contributed by atoms with Gasteiger partial charge in [-0.3, -0.25) is 5.41 Å². The minimum Gasteiger partial charge on any atom is -0.282 e. The number of rotatable bonds is 6. The van der Waals surface area contributed by atoms with Crippen LogP contribution >= 0.6 is 0 Å². The second-order valence-electron chi connectivity index (χ2n) is 14.3. The summed E-state index contributed by atoms with van der Waals surface area (Å²) in [6.07, 6.45) is 4.15. The third kappa shape index (κ3) is 6.04. The van der Waals surface area contributed by atoms with E-state index >= 15 is 0 Å². The Balaban J connectivity index is 0.997. The lowest BCUT2D eigenvalue weighted by Gasteiger charge is -2.14. The molecule has 10 aromatic carbocycles. The Morgan fingerprint density at radius 2 is 0.929 bits per heavy atom. The lowest BCUT2D eigenvalue weighted by molar-refractivity contribution is 1.42. The van der Waals surface area contributed by atoms with Crippen LogP contribution in [0.1, 0.15) is 16.7 Å². The van der Waals surface area contributed by atoms with Gasteiger partial charge in [0.15, 0.2) is 5.84 Å². The Labute approximate surface area is 325 Å². The molecule has 10 rings (SSSR count). The second kappa shape index (κ2) is 14.1. The Bertz CT molecular complexity index is 3170. The van der Waals surface area contributed by atoms with Crippen molar-refractivity contribution >= 4 is 71.5 Å². The molecule has 262 valence electrons. The SMILES string of the molecule is N=C(N=C(/C=C/c1ccc(-c2ccc(-c3c4ccccc4cc4c3ccc3ccccc34)cc2)cc1)c1cc2ccccc2c2ccccc12)c1ccccc1. The fourth-order valence-electron chi connectivity index (χ4n) is 8.16. The zero-order chi connectivity index (χ0) is 37.4. The van der Waals surface area contributed by atoms with Gasteiger partial charge in [0.2, 0.25) is 0 Å². The summed E-state index contributed by atoms with van der Waals surface area (Å²) in [4.78, 5) is 4.95.